The van der Waals surface area contributed by atoms with Gasteiger partial charge in [-0.3, -0.25) is 14.5 Å². The zero-order chi connectivity index (χ0) is 30.3. The van der Waals surface area contributed by atoms with Gasteiger partial charge in [0.1, 0.15) is 17.2 Å². The van der Waals surface area contributed by atoms with Gasteiger partial charge < -0.3 is 29.4 Å². The first-order valence-electron chi connectivity index (χ1n) is 14.8. The third kappa shape index (κ3) is 7.35. The first-order valence-corrected chi connectivity index (χ1v) is 14.8. The zero-order valence-electron chi connectivity index (χ0n) is 24.4. The van der Waals surface area contributed by atoms with E-state index in [1.54, 1.807) is 17.2 Å². The quantitative estimate of drug-likeness (QED) is 0.188. The smallest absolute Gasteiger partial charge is 0.464 e. The molecule has 2 aliphatic heterocycles. The standard InChI is InChI=1S/C32H37BN4O6/c1-2-37(27-10-13-42-14-11-27)32(39)24(18-34)15-22-7-8-23-9-12-36(19-25(23)16-22)20-31(38)35-30(33(40)41)17-26-21-43-29-6-4-3-5-28(26)29/h3-8,15-16,21,27,30,40-41H,2,9-14,17,19-20H2,1H3,(H,35,38)/t30-/m0/s1. The van der Waals surface area contributed by atoms with Crippen LogP contribution in [0.4, 0.5) is 0 Å². The molecule has 3 heterocycles. The van der Waals surface area contributed by atoms with E-state index in [2.05, 4.69) is 11.4 Å². The van der Waals surface area contributed by atoms with Crippen LogP contribution in [0.2, 0.25) is 0 Å². The molecule has 2 aromatic carbocycles. The topological polar surface area (TPSA) is 139 Å². The molecule has 3 N–H and O–H groups in total. The molecule has 3 aromatic rings. The number of benzene rings is 2. The summed E-state index contributed by atoms with van der Waals surface area (Å²) in [5, 5.41) is 33.5. The highest BCUT2D eigenvalue weighted by Crippen LogP contribution is 2.24. The van der Waals surface area contributed by atoms with Crippen molar-refractivity contribution in [3.05, 3.63) is 76.6 Å². The maximum absolute atomic E-state index is 13.3. The van der Waals surface area contributed by atoms with Crippen LogP contribution in [0.25, 0.3) is 17.0 Å². The Labute approximate surface area is 251 Å². The summed E-state index contributed by atoms with van der Waals surface area (Å²) in [6, 6.07) is 15.5. The lowest BCUT2D eigenvalue weighted by molar-refractivity contribution is -0.130. The number of rotatable bonds is 10. The Hall–Kier alpha value is -3.95. The molecule has 43 heavy (non-hydrogen) atoms. The van der Waals surface area contributed by atoms with Crippen LogP contribution in [-0.2, 0) is 33.7 Å². The molecule has 0 aliphatic carbocycles. The second kappa shape index (κ2) is 14.0. The Kier molecular flexibility index (Phi) is 9.95. The van der Waals surface area contributed by atoms with Crippen LogP contribution in [0.15, 0.2) is 58.7 Å². The molecular formula is C32H37BN4O6. The van der Waals surface area contributed by atoms with E-state index in [1.165, 1.54) is 0 Å². The molecule has 0 spiro atoms. The van der Waals surface area contributed by atoms with Crippen LogP contribution in [0.3, 0.4) is 0 Å². The van der Waals surface area contributed by atoms with Gasteiger partial charge in [0.25, 0.3) is 5.91 Å². The van der Waals surface area contributed by atoms with Crippen molar-refractivity contribution >= 4 is 36.0 Å². The number of ether oxygens (including phenoxy) is 1. The van der Waals surface area contributed by atoms with Crippen molar-refractivity contribution in [2.24, 2.45) is 0 Å². The number of para-hydroxylation sites is 1. The van der Waals surface area contributed by atoms with Crippen molar-refractivity contribution in [2.45, 2.75) is 51.1 Å². The highest BCUT2D eigenvalue weighted by molar-refractivity contribution is 6.43. The molecule has 0 unspecified atom stereocenters. The molecule has 2 aliphatic rings. The van der Waals surface area contributed by atoms with Crippen LogP contribution in [-0.4, -0.2) is 83.6 Å². The summed E-state index contributed by atoms with van der Waals surface area (Å²) >= 11 is 0. The Morgan fingerprint density at radius 3 is 2.74 bits per heavy atom. The molecule has 1 aromatic heterocycles. The fraction of sp³-hybridized carbons (Fsp3) is 0.406. The second-order valence-electron chi connectivity index (χ2n) is 11.1. The highest BCUT2D eigenvalue weighted by atomic mass is 16.5. The number of hydrogen-bond donors (Lipinski definition) is 3. The molecule has 11 heteroatoms. The zero-order valence-corrected chi connectivity index (χ0v) is 24.4. The van der Waals surface area contributed by atoms with Crippen molar-refractivity contribution in [3.63, 3.8) is 0 Å². The van der Waals surface area contributed by atoms with Gasteiger partial charge >= 0.3 is 7.12 Å². The number of nitrogens with zero attached hydrogens (tertiary/aromatic N) is 3. The second-order valence-corrected chi connectivity index (χ2v) is 11.1. The lowest BCUT2D eigenvalue weighted by Gasteiger charge is -2.33. The Morgan fingerprint density at radius 2 is 2.00 bits per heavy atom. The third-order valence-corrected chi connectivity index (χ3v) is 8.29. The molecule has 0 bridgehead atoms. The predicted molar refractivity (Wildman–Crippen MR) is 162 cm³/mol. The van der Waals surface area contributed by atoms with Gasteiger partial charge in [0.2, 0.25) is 5.91 Å². The summed E-state index contributed by atoms with van der Waals surface area (Å²) < 4.78 is 11.0. The maximum Gasteiger partial charge on any atom is 0.475 e. The fourth-order valence-corrected chi connectivity index (χ4v) is 6.00. The van der Waals surface area contributed by atoms with E-state index in [0.717, 1.165) is 46.9 Å². The lowest BCUT2D eigenvalue weighted by Crippen LogP contribution is -2.51. The number of carbonyl (C=O) groups is 2. The lowest BCUT2D eigenvalue weighted by atomic mass is 9.76. The van der Waals surface area contributed by atoms with Crippen LogP contribution in [0.5, 0.6) is 0 Å². The van der Waals surface area contributed by atoms with Gasteiger partial charge in [0.15, 0.2) is 0 Å². The van der Waals surface area contributed by atoms with Gasteiger partial charge in [-0.25, -0.2) is 0 Å². The average molecular weight is 584 g/mol. The number of nitriles is 1. The largest absolute Gasteiger partial charge is 0.475 e. The molecule has 0 radical (unpaired) electrons. The average Bonchev–Trinajstić information content (AvgIpc) is 3.42. The van der Waals surface area contributed by atoms with Crippen LogP contribution < -0.4 is 5.32 Å². The number of likely N-dealkylation sites (N-methyl/N-ethyl adjacent to an activating group) is 1. The third-order valence-electron chi connectivity index (χ3n) is 8.29. The number of fused-ring (bicyclic) bond motifs is 2. The first kappa shape index (κ1) is 30.5. The summed E-state index contributed by atoms with van der Waals surface area (Å²) in [5.41, 5.74) is 4.52. The Balaban J connectivity index is 1.23. The van der Waals surface area contributed by atoms with Gasteiger partial charge in [-0.05, 0) is 67.0 Å². The number of amides is 2. The maximum atomic E-state index is 13.3. The van der Waals surface area contributed by atoms with E-state index < -0.39 is 13.1 Å². The molecular weight excluding hydrogens is 547 g/mol. The SMILES string of the molecule is CCN(C(=O)C(C#N)=Cc1ccc2c(c1)CN(CC(=O)N[C@@H](Cc1coc3ccccc13)B(O)O)CC2)C1CCOCC1. The Bertz CT molecular complexity index is 1520. The minimum Gasteiger partial charge on any atom is -0.464 e. The number of hydrogen-bond acceptors (Lipinski definition) is 8. The number of furan rings is 1. The molecule has 1 atom stereocenters. The number of carbonyl (C=O) groups excluding carboxylic acids is 2. The highest BCUT2D eigenvalue weighted by Gasteiger charge is 2.29. The fourth-order valence-electron chi connectivity index (χ4n) is 6.00. The summed E-state index contributed by atoms with van der Waals surface area (Å²) in [7, 11) is -1.74. The molecule has 1 fully saturated rings. The van der Waals surface area contributed by atoms with E-state index in [-0.39, 0.29) is 36.4 Å². The van der Waals surface area contributed by atoms with Crippen molar-refractivity contribution in [2.75, 3.05) is 32.8 Å². The van der Waals surface area contributed by atoms with Crippen LogP contribution in [0, 0.1) is 11.3 Å². The molecule has 2 amide bonds. The minimum atomic E-state index is -1.74. The van der Waals surface area contributed by atoms with Gasteiger partial charge in [0, 0.05) is 44.3 Å². The number of nitrogens with one attached hydrogen (secondary N) is 1. The van der Waals surface area contributed by atoms with E-state index in [0.29, 0.717) is 38.4 Å². The molecule has 5 rings (SSSR count). The van der Waals surface area contributed by atoms with E-state index in [4.69, 9.17) is 9.15 Å². The molecule has 10 nitrogen and oxygen atoms in total. The van der Waals surface area contributed by atoms with Crippen molar-refractivity contribution in [1.29, 1.82) is 5.26 Å². The van der Waals surface area contributed by atoms with E-state index in [9.17, 15) is 24.9 Å². The van der Waals surface area contributed by atoms with Crippen LogP contribution in [0.1, 0.15) is 42.0 Å². The molecule has 0 saturated carbocycles. The minimum absolute atomic E-state index is 0.0665. The summed E-state index contributed by atoms with van der Waals surface area (Å²) in [5.74, 6) is -1.47. The van der Waals surface area contributed by atoms with Crippen molar-refractivity contribution in [1.82, 2.24) is 15.1 Å². The van der Waals surface area contributed by atoms with Gasteiger partial charge in [-0.1, -0.05) is 36.4 Å². The predicted octanol–water partition coefficient (Wildman–Crippen LogP) is 2.46. The van der Waals surface area contributed by atoms with Gasteiger partial charge in [-0.15, -0.1) is 0 Å². The van der Waals surface area contributed by atoms with E-state index >= 15 is 0 Å². The van der Waals surface area contributed by atoms with Gasteiger partial charge in [-0.2, -0.15) is 5.26 Å². The van der Waals surface area contributed by atoms with E-state index in [1.807, 2.05) is 54.3 Å². The molecule has 224 valence electrons. The monoisotopic (exact) mass is 584 g/mol. The van der Waals surface area contributed by atoms with Crippen LogP contribution >= 0.6 is 0 Å². The normalized spacial score (nSPS) is 16.7. The Morgan fingerprint density at radius 1 is 1.21 bits per heavy atom. The summed E-state index contributed by atoms with van der Waals surface area (Å²) in [4.78, 5) is 30.0. The van der Waals surface area contributed by atoms with Crippen molar-refractivity contribution in [3.8, 4) is 6.07 Å². The summed E-state index contributed by atoms with van der Waals surface area (Å²) in [6.07, 6.45) is 5.70. The molecule has 1 saturated heterocycles. The van der Waals surface area contributed by atoms with Crippen molar-refractivity contribution < 1.29 is 28.8 Å². The first-order chi connectivity index (χ1) is 20.9. The van der Waals surface area contributed by atoms with Gasteiger partial charge in [0.05, 0.1) is 18.7 Å². The summed E-state index contributed by atoms with van der Waals surface area (Å²) in [6.45, 7) is 4.96.